The quantitative estimate of drug-likeness (QED) is 0.510. The first-order chi connectivity index (χ1) is 17.6. The topological polar surface area (TPSA) is 50.9 Å². The smallest absolute Gasteiger partial charge is 0.234 e. The van der Waals surface area contributed by atoms with Crippen molar-refractivity contribution in [2.75, 3.05) is 64.7 Å². The van der Waals surface area contributed by atoms with Gasteiger partial charge < -0.3 is 15.5 Å². The number of nitrogens with one attached hydrogen (secondary N) is 2. The van der Waals surface area contributed by atoms with E-state index in [2.05, 4.69) is 105 Å². The minimum atomic E-state index is -0.172. The number of rotatable bonds is 8. The number of nitrogens with zero attached hydrogens (tertiary/aromatic N) is 3. The van der Waals surface area contributed by atoms with Crippen molar-refractivity contribution in [2.24, 2.45) is 0 Å². The molecule has 0 radical (unpaired) electrons. The van der Waals surface area contributed by atoms with Gasteiger partial charge in [0.15, 0.2) is 0 Å². The van der Waals surface area contributed by atoms with Crippen LogP contribution in [0.2, 0.25) is 0 Å². The van der Waals surface area contributed by atoms with Gasteiger partial charge in [0.25, 0.3) is 0 Å². The number of fused-ring (bicyclic) bond motifs is 1. The summed E-state index contributed by atoms with van der Waals surface area (Å²) in [6.45, 7) is 8.06. The van der Waals surface area contributed by atoms with Gasteiger partial charge in [0, 0.05) is 63.4 Å². The highest BCUT2D eigenvalue weighted by atomic mass is 16.2. The normalized spacial score (nSPS) is 19.2. The highest BCUT2D eigenvalue weighted by Crippen LogP contribution is 2.31. The molecule has 0 aromatic heterocycles. The number of likely N-dealkylation sites (N-methyl/N-ethyl adjacent to an activating group) is 1. The van der Waals surface area contributed by atoms with E-state index in [4.69, 9.17) is 0 Å². The van der Waals surface area contributed by atoms with Crippen LogP contribution >= 0.6 is 0 Å². The van der Waals surface area contributed by atoms with Gasteiger partial charge in [0.1, 0.15) is 0 Å². The molecule has 190 valence electrons. The molecule has 0 unspecified atom stereocenters. The lowest BCUT2D eigenvalue weighted by Gasteiger charge is -2.43. The van der Waals surface area contributed by atoms with Crippen LogP contribution < -0.4 is 10.6 Å². The summed E-state index contributed by atoms with van der Waals surface area (Å²) < 4.78 is 0. The zero-order chi connectivity index (χ0) is 24.8. The lowest BCUT2D eigenvalue weighted by molar-refractivity contribution is -0.122. The van der Waals surface area contributed by atoms with Gasteiger partial charge >= 0.3 is 0 Å². The molecule has 0 spiro atoms. The molecule has 1 amide bonds. The Balaban J connectivity index is 1.27. The minimum Gasteiger partial charge on any atom is -0.377 e. The Hall–Kier alpha value is -2.93. The van der Waals surface area contributed by atoms with Gasteiger partial charge in [-0.1, -0.05) is 66.7 Å². The SMILES string of the molecule is CN1CCN(CC(=O)NCC2(Nc3cccc4ccccc34)CCN(Cc3ccccc3)CC2)CC1. The van der Waals surface area contributed by atoms with Gasteiger partial charge in [-0.15, -0.1) is 0 Å². The lowest BCUT2D eigenvalue weighted by atomic mass is 9.86. The molecule has 6 nitrogen and oxygen atoms in total. The molecular weight excluding hydrogens is 446 g/mol. The molecule has 3 aromatic carbocycles. The summed E-state index contributed by atoms with van der Waals surface area (Å²) in [6, 6.07) is 25.7. The second-order valence-corrected chi connectivity index (χ2v) is 10.5. The average Bonchev–Trinajstić information content (AvgIpc) is 2.91. The number of hydrogen-bond donors (Lipinski definition) is 2. The second kappa shape index (κ2) is 11.4. The van der Waals surface area contributed by atoms with Crippen LogP contribution in [0.3, 0.4) is 0 Å². The number of amides is 1. The maximum absolute atomic E-state index is 12.9. The molecule has 0 atom stereocenters. The summed E-state index contributed by atoms with van der Waals surface area (Å²) in [6.07, 6.45) is 1.97. The van der Waals surface area contributed by atoms with Crippen LogP contribution in [0, 0.1) is 0 Å². The molecule has 2 aliphatic heterocycles. The Labute approximate surface area is 215 Å². The molecule has 3 aromatic rings. The maximum Gasteiger partial charge on any atom is 0.234 e. The number of anilines is 1. The fourth-order valence-electron chi connectivity index (χ4n) is 5.48. The molecule has 0 bridgehead atoms. The number of piperidine rings is 1. The van der Waals surface area contributed by atoms with E-state index < -0.39 is 0 Å². The summed E-state index contributed by atoms with van der Waals surface area (Å²) in [5.41, 5.74) is 2.33. The van der Waals surface area contributed by atoms with E-state index in [0.29, 0.717) is 13.1 Å². The first-order valence-electron chi connectivity index (χ1n) is 13.3. The van der Waals surface area contributed by atoms with Gasteiger partial charge in [0.05, 0.1) is 12.1 Å². The molecule has 0 saturated carbocycles. The Morgan fingerprint density at radius 1 is 0.806 bits per heavy atom. The molecule has 2 aliphatic rings. The van der Waals surface area contributed by atoms with E-state index in [-0.39, 0.29) is 11.4 Å². The summed E-state index contributed by atoms with van der Waals surface area (Å²) in [5.74, 6) is 0.130. The Kier molecular flexibility index (Phi) is 7.85. The van der Waals surface area contributed by atoms with Crippen LogP contribution in [-0.2, 0) is 11.3 Å². The molecule has 2 saturated heterocycles. The van der Waals surface area contributed by atoms with E-state index in [1.165, 1.54) is 16.3 Å². The third-order valence-corrected chi connectivity index (χ3v) is 7.84. The standard InChI is InChI=1S/C30H39N5O/c1-33-18-20-35(21-19-33)23-29(36)31-24-30(32-28-13-7-11-26-10-5-6-12-27(26)28)14-16-34(17-15-30)22-25-8-3-2-4-9-25/h2-13,32H,14-24H2,1H3,(H,31,36). The predicted octanol–water partition coefficient (Wildman–Crippen LogP) is 3.65. The van der Waals surface area contributed by atoms with Gasteiger partial charge in [-0.25, -0.2) is 0 Å². The van der Waals surface area contributed by atoms with Crippen molar-refractivity contribution in [1.82, 2.24) is 20.0 Å². The molecular formula is C30H39N5O. The van der Waals surface area contributed by atoms with E-state index in [9.17, 15) is 4.79 Å². The van der Waals surface area contributed by atoms with Gasteiger partial charge in [-0.05, 0) is 36.9 Å². The third-order valence-electron chi connectivity index (χ3n) is 7.84. The first kappa shape index (κ1) is 24.8. The van der Waals surface area contributed by atoms with Crippen LogP contribution in [0.5, 0.6) is 0 Å². The molecule has 2 N–H and O–H groups in total. The highest BCUT2D eigenvalue weighted by molar-refractivity contribution is 5.94. The Morgan fingerprint density at radius 3 is 2.28 bits per heavy atom. The van der Waals surface area contributed by atoms with E-state index >= 15 is 0 Å². The van der Waals surface area contributed by atoms with Crippen LogP contribution in [-0.4, -0.2) is 85.6 Å². The highest BCUT2D eigenvalue weighted by Gasteiger charge is 2.35. The number of piperazine rings is 1. The third kappa shape index (κ3) is 6.25. The second-order valence-electron chi connectivity index (χ2n) is 10.5. The van der Waals surface area contributed by atoms with Crippen molar-refractivity contribution in [3.05, 3.63) is 78.4 Å². The Morgan fingerprint density at radius 2 is 1.50 bits per heavy atom. The zero-order valence-corrected chi connectivity index (χ0v) is 21.5. The number of likely N-dealkylation sites (tertiary alicyclic amines) is 1. The summed E-state index contributed by atoms with van der Waals surface area (Å²) in [7, 11) is 2.14. The summed E-state index contributed by atoms with van der Waals surface area (Å²) >= 11 is 0. The van der Waals surface area contributed by atoms with E-state index in [0.717, 1.165) is 64.3 Å². The van der Waals surface area contributed by atoms with Gasteiger partial charge in [-0.2, -0.15) is 0 Å². The molecule has 2 heterocycles. The van der Waals surface area contributed by atoms with Crippen LogP contribution in [0.15, 0.2) is 72.8 Å². The molecule has 2 fully saturated rings. The van der Waals surface area contributed by atoms with Crippen molar-refractivity contribution in [3.8, 4) is 0 Å². The van der Waals surface area contributed by atoms with Gasteiger partial charge in [-0.3, -0.25) is 14.6 Å². The summed E-state index contributed by atoms with van der Waals surface area (Å²) in [4.78, 5) is 20.1. The molecule has 36 heavy (non-hydrogen) atoms. The van der Waals surface area contributed by atoms with Crippen molar-refractivity contribution in [1.29, 1.82) is 0 Å². The molecule has 0 aliphatic carbocycles. The van der Waals surface area contributed by atoms with E-state index in [1.807, 2.05) is 0 Å². The van der Waals surface area contributed by atoms with Crippen LogP contribution in [0.25, 0.3) is 10.8 Å². The lowest BCUT2D eigenvalue weighted by Crippen LogP contribution is -2.56. The Bertz CT molecular complexity index is 1130. The van der Waals surface area contributed by atoms with Gasteiger partial charge in [0.2, 0.25) is 5.91 Å². The maximum atomic E-state index is 12.9. The monoisotopic (exact) mass is 485 g/mol. The number of benzene rings is 3. The van der Waals surface area contributed by atoms with Crippen molar-refractivity contribution < 1.29 is 4.79 Å². The van der Waals surface area contributed by atoms with Crippen molar-refractivity contribution >= 4 is 22.4 Å². The first-order valence-corrected chi connectivity index (χ1v) is 13.3. The molecule has 5 rings (SSSR count). The summed E-state index contributed by atoms with van der Waals surface area (Å²) in [5, 5.41) is 9.70. The fraction of sp³-hybridized carbons (Fsp3) is 0.433. The van der Waals surface area contributed by atoms with E-state index in [1.54, 1.807) is 0 Å². The van der Waals surface area contributed by atoms with Crippen molar-refractivity contribution in [3.63, 3.8) is 0 Å². The average molecular weight is 486 g/mol. The molecule has 6 heteroatoms. The van der Waals surface area contributed by atoms with Crippen LogP contribution in [0.1, 0.15) is 18.4 Å². The largest absolute Gasteiger partial charge is 0.377 e. The van der Waals surface area contributed by atoms with Crippen LogP contribution in [0.4, 0.5) is 5.69 Å². The predicted molar refractivity (Wildman–Crippen MR) is 148 cm³/mol. The number of carbonyl (C=O) groups is 1. The zero-order valence-electron chi connectivity index (χ0n) is 21.5. The minimum absolute atomic E-state index is 0.130. The number of hydrogen-bond acceptors (Lipinski definition) is 5. The van der Waals surface area contributed by atoms with Crippen molar-refractivity contribution in [2.45, 2.75) is 24.9 Å². The fourth-order valence-corrected chi connectivity index (χ4v) is 5.48. The number of carbonyl (C=O) groups excluding carboxylic acids is 1.